The number of carbonyl (C=O) groups is 13. The molecule has 39 nitrogen and oxygen atoms in total. The molecule has 1 aromatic heterocycles. The second kappa shape index (κ2) is 48.6. The van der Waals surface area contributed by atoms with Crippen molar-refractivity contribution in [3.63, 3.8) is 0 Å². The quantitative estimate of drug-likeness (QED) is 0.0112. The van der Waals surface area contributed by atoms with Gasteiger partial charge in [-0.2, -0.15) is 0 Å². The van der Waals surface area contributed by atoms with Crippen LogP contribution in [0, 0.1) is 22.7 Å². The Morgan fingerprint density at radius 2 is 0.839 bits per heavy atom. The minimum atomic E-state index is -1.88. The molecule has 0 aliphatic heterocycles. The molecule has 4 aromatic rings. The van der Waals surface area contributed by atoms with Gasteiger partial charge >= 0.3 is 11.9 Å². The lowest BCUT2D eigenvalue weighted by Crippen LogP contribution is -2.62. The lowest BCUT2D eigenvalue weighted by molar-refractivity contribution is -0.143. The first kappa shape index (κ1) is 92.5. The standard InChI is InChI=1S/C73H109N21O18/c1-5-41(4)59(70(110)91-54(32-43-18-10-7-11-19-43)66(106)93-57(38-96)71(111)112)94-68(108)51(30-40(2)3)88-63(103)50(22-15-29-82-73(78)79)85-62(102)49(21-14-28-81-72(76)77)84-61(101)48(20-12-13-27-74)86-69(109)56(37-95)92-67(107)55(34-45-36-80-39-83-45)90-65(105)53(33-44-23-25-46(97)26-24-44)89-64(104)52(31-42-16-8-6-9-17-42)87-60(100)47(75)35-58(98)99/h6-11,16-19,23-26,36,39-41,47-57,59,95-97H,5,12-15,20-22,27-35,37-38,74-75H2,1-4H3,(H,80,83)(H,84,101)(H,85,102)(H,86,109)(H,87,100)(H,88,103)(H,89,104)(H,90,105)(H,91,110)(H,92,107)(H,93,106)(H,94,108)(H,98,99)(H,111,112)(H4,76,77,81)(H4,78,79,82)/t41-,47-,48-,49-,50-,51-,52-,53-,54-,55-,56-,57-,59-/m0/s1. The van der Waals surface area contributed by atoms with Crippen molar-refractivity contribution >= 4 is 88.8 Å². The van der Waals surface area contributed by atoms with E-state index in [-0.39, 0.29) is 108 Å². The molecule has 0 spiro atoms. The van der Waals surface area contributed by atoms with Crippen molar-refractivity contribution in [1.29, 1.82) is 10.8 Å². The molecule has 4 rings (SSSR count). The van der Waals surface area contributed by atoms with Crippen LogP contribution < -0.4 is 92.1 Å². The Morgan fingerprint density at radius 3 is 1.24 bits per heavy atom. The first-order valence-electron chi connectivity index (χ1n) is 36.7. The largest absolute Gasteiger partial charge is 0.508 e. The molecule has 112 heavy (non-hydrogen) atoms. The van der Waals surface area contributed by atoms with Gasteiger partial charge in [0.15, 0.2) is 11.9 Å². The van der Waals surface area contributed by atoms with E-state index >= 15 is 0 Å². The van der Waals surface area contributed by atoms with E-state index in [1.54, 1.807) is 88.4 Å². The average molecular weight is 1570 g/mol. The zero-order chi connectivity index (χ0) is 83.0. The number of benzene rings is 3. The monoisotopic (exact) mass is 1570 g/mol. The molecule has 0 radical (unpaired) electrons. The Labute approximate surface area is 647 Å². The summed E-state index contributed by atoms with van der Waals surface area (Å²) in [6, 6.07) is 3.60. The van der Waals surface area contributed by atoms with Crippen molar-refractivity contribution in [1.82, 2.24) is 79.1 Å². The lowest BCUT2D eigenvalue weighted by atomic mass is 9.95. The molecule has 614 valence electrons. The van der Waals surface area contributed by atoms with Crippen LogP contribution in [0.4, 0.5) is 0 Å². The number of guanidine groups is 2. The summed E-state index contributed by atoms with van der Waals surface area (Å²) in [6.45, 7) is 4.92. The van der Waals surface area contributed by atoms with Gasteiger partial charge in [0.1, 0.15) is 72.2 Å². The van der Waals surface area contributed by atoms with Crippen LogP contribution in [0.25, 0.3) is 0 Å². The number of phenolic OH excluding ortho intramolecular Hbond substituents is 1. The predicted molar refractivity (Wildman–Crippen MR) is 408 cm³/mol. The predicted octanol–water partition coefficient (Wildman–Crippen LogP) is -4.66. The smallest absolute Gasteiger partial charge is 0.328 e. The van der Waals surface area contributed by atoms with Gasteiger partial charge in [-0.05, 0) is 98.6 Å². The second-order valence-corrected chi connectivity index (χ2v) is 27.3. The number of nitrogens with one attached hydrogen (secondary N) is 16. The van der Waals surface area contributed by atoms with Crippen molar-refractivity contribution in [3.05, 3.63) is 120 Å². The first-order valence-corrected chi connectivity index (χ1v) is 36.7. The number of nitrogens with zero attached hydrogens (tertiary/aromatic N) is 1. The number of aromatic hydroxyl groups is 1. The Bertz CT molecular complexity index is 3750. The molecule has 0 aliphatic rings. The highest BCUT2D eigenvalue weighted by molar-refractivity contribution is 6.00. The van der Waals surface area contributed by atoms with E-state index < -0.39 is 187 Å². The minimum Gasteiger partial charge on any atom is -0.508 e. The van der Waals surface area contributed by atoms with Gasteiger partial charge in [-0.25, -0.2) is 9.78 Å². The van der Waals surface area contributed by atoms with Crippen molar-refractivity contribution in [2.45, 2.75) is 190 Å². The fraction of sp³-hybridized carbons (Fsp3) is 0.507. The number of carboxylic acids is 2. The van der Waals surface area contributed by atoms with Crippen LogP contribution in [-0.4, -0.2) is 230 Å². The minimum absolute atomic E-state index is 0.00553. The van der Waals surface area contributed by atoms with E-state index in [9.17, 15) is 87.9 Å². The Morgan fingerprint density at radius 1 is 0.464 bits per heavy atom. The van der Waals surface area contributed by atoms with Gasteiger partial charge in [0, 0.05) is 50.7 Å². The number of nitrogens with two attached hydrogens (primary N) is 4. The number of carboxylic acid groups (broad SMARTS) is 2. The summed E-state index contributed by atoms with van der Waals surface area (Å²) >= 11 is 0. The Balaban J connectivity index is 1.66. The van der Waals surface area contributed by atoms with Gasteiger partial charge in [0.05, 0.1) is 32.0 Å². The highest BCUT2D eigenvalue weighted by Gasteiger charge is 2.38. The zero-order valence-corrected chi connectivity index (χ0v) is 63.1. The summed E-state index contributed by atoms with van der Waals surface area (Å²) in [5, 5.41) is 98.4. The number of aromatic amines is 1. The molecular formula is C73H109N21O18. The number of rotatable bonds is 51. The molecule has 11 amide bonds. The van der Waals surface area contributed by atoms with Crippen LogP contribution >= 0.6 is 0 Å². The average Bonchev–Trinajstić information content (AvgIpc) is 0.929. The van der Waals surface area contributed by atoms with Crippen molar-refractivity contribution < 1.29 is 87.9 Å². The Hall–Kier alpha value is -11.8. The van der Waals surface area contributed by atoms with Crippen LogP contribution in [0.5, 0.6) is 5.75 Å². The van der Waals surface area contributed by atoms with Crippen LogP contribution in [0.3, 0.4) is 0 Å². The molecule has 1 heterocycles. The van der Waals surface area contributed by atoms with Crippen LogP contribution in [0.1, 0.15) is 114 Å². The summed E-state index contributed by atoms with van der Waals surface area (Å²) in [6.07, 6.45) is 1.10. The summed E-state index contributed by atoms with van der Waals surface area (Å²) < 4.78 is 0. The number of aliphatic carboxylic acids is 2. The molecule has 0 fully saturated rings. The number of H-pyrrole nitrogens is 1. The first-order chi connectivity index (χ1) is 53.2. The molecule has 29 N–H and O–H groups in total. The third kappa shape index (κ3) is 33.6. The molecule has 0 bridgehead atoms. The van der Waals surface area contributed by atoms with Gasteiger partial charge in [-0.15, -0.1) is 0 Å². The maximum Gasteiger partial charge on any atom is 0.328 e. The number of hydrogen-bond acceptors (Lipinski definition) is 21. The van der Waals surface area contributed by atoms with E-state index in [0.717, 1.165) is 0 Å². The number of aromatic nitrogens is 2. The number of amides is 11. The molecule has 39 heteroatoms. The molecule has 13 atom stereocenters. The summed E-state index contributed by atoms with van der Waals surface area (Å²) in [5.41, 5.74) is 24.6. The normalized spacial score (nSPS) is 14.5. The number of hydrogen-bond donors (Lipinski definition) is 25. The molecule has 0 saturated heterocycles. The maximum atomic E-state index is 14.8. The molecule has 3 aromatic carbocycles. The third-order valence-electron chi connectivity index (χ3n) is 17.7. The highest BCUT2D eigenvalue weighted by Crippen LogP contribution is 2.17. The van der Waals surface area contributed by atoms with Crippen molar-refractivity contribution in [3.8, 4) is 5.75 Å². The summed E-state index contributed by atoms with van der Waals surface area (Å²) in [4.78, 5) is 188. The SMILES string of the molecule is CC[C@H](C)[C@H](NC(=O)[C@H](CC(C)C)NC(=O)[C@H](CCCNC(=N)N)NC(=O)[C@H](CCCNC(=N)N)NC(=O)[C@H](CCCCN)NC(=O)[C@H](CO)NC(=O)[C@H](Cc1cnc[nH]1)NC(=O)[C@H](Cc1ccc(O)cc1)NC(=O)[C@H](Cc1ccccc1)NC(=O)[C@@H](N)CC(=O)O)C(=O)N[C@@H](Cc1ccccc1)C(=O)N[C@@H](CO)C(=O)O. The topological polar surface area (TPSA) is 660 Å². The molecular weight excluding hydrogens is 1460 g/mol. The van der Waals surface area contributed by atoms with E-state index in [0.29, 0.717) is 29.5 Å². The van der Waals surface area contributed by atoms with Crippen molar-refractivity contribution in [2.75, 3.05) is 32.8 Å². The second-order valence-electron chi connectivity index (χ2n) is 27.3. The molecule has 0 aliphatic carbocycles. The van der Waals surface area contributed by atoms with E-state index in [1.165, 1.54) is 36.8 Å². The molecule has 0 saturated carbocycles. The molecule has 0 unspecified atom stereocenters. The number of imidazole rings is 1. The van der Waals surface area contributed by atoms with Gasteiger partial charge in [-0.3, -0.25) is 68.4 Å². The lowest BCUT2D eigenvalue weighted by Gasteiger charge is -2.30. The zero-order valence-electron chi connectivity index (χ0n) is 63.1. The van der Waals surface area contributed by atoms with Gasteiger partial charge in [0.2, 0.25) is 65.0 Å². The highest BCUT2D eigenvalue weighted by atomic mass is 16.4. The fourth-order valence-electron chi connectivity index (χ4n) is 11.4. The number of aliphatic hydroxyl groups excluding tert-OH is 2. The van der Waals surface area contributed by atoms with Gasteiger partial charge in [-0.1, -0.05) is 107 Å². The number of aliphatic hydroxyl groups is 2. The fourth-order valence-corrected chi connectivity index (χ4v) is 11.4. The van der Waals surface area contributed by atoms with Gasteiger partial charge < -0.3 is 123 Å². The van der Waals surface area contributed by atoms with Gasteiger partial charge in [0.25, 0.3) is 0 Å². The Kier molecular flexibility index (Phi) is 40.2. The number of phenols is 1. The maximum absolute atomic E-state index is 14.8. The van der Waals surface area contributed by atoms with E-state index in [2.05, 4.69) is 79.1 Å². The van der Waals surface area contributed by atoms with Crippen molar-refractivity contribution in [2.24, 2.45) is 34.8 Å². The third-order valence-corrected chi connectivity index (χ3v) is 17.7. The van der Waals surface area contributed by atoms with Crippen LogP contribution in [0.2, 0.25) is 0 Å². The van der Waals surface area contributed by atoms with Crippen LogP contribution in [-0.2, 0) is 88.0 Å². The van der Waals surface area contributed by atoms with E-state index in [1.807, 2.05) is 0 Å². The summed E-state index contributed by atoms with van der Waals surface area (Å²) in [7, 11) is 0. The number of carbonyl (C=O) groups excluding carboxylic acids is 11. The summed E-state index contributed by atoms with van der Waals surface area (Å²) in [5.74, 6) is -15.6. The number of unbranched alkanes of at least 4 members (excludes halogenated alkanes) is 1. The van der Waals surface area contributed by atoms with Crippen LogP contribution in [0.15, 0.2) is 97.5 Å². The van der Waals surface area contributed by atoms with E-state index in [4.69, 9.17) is 33.8 Å².